The number of nitrogens with two attached hydrogens (primary N) is 1. The summed E-state index contributed by atoms with van der Waals surface area (Å²) in [5.41, 5.74) is 6.49. The Labute approximate surface area is 127 Å². The average Bonchev–Trinajstić information content (AvgIpc) is 3.13. The van der Waals surface area contributed by atoms with Crippen molar-refractivity contribution < 1.29 is 9.26 Å². The van der Waals surface area contributed by atoms with E-state index in [9.17, 15) is 0 Å². The fourth-order valence-electron chi connectivity index (χ4n) is 2.34. The number of likely N-dealkylation sites (N-methyl/N-ethyl adjacent to an activating group) is 1. The van der Waals surface area contributed by atoms with Gasteiger partial charge in [-0.15, -0.1) is 11.3 Å². The molecule has 2 aromatic heterocycles. The van der Waals surface area contributed by atoms with Gasteiger partial charge in [0.15, 0.2) is 0 Å². The molecule has 8 heteroatoms. The molecule has 7 nitrogen and oxygen atoms in total. The summed E-state index contributed by atoms with van der Waals surface area (Å²) in [6.07, 6.45) is -0.126. The Morgan fingerprint density at radius 2 is 2.29 bits per heavy atom. The van der Waals surface area contributed by atoms with Crippen molar-refractivity contribution in [2.24, 2.45) is 5.73 Å². The van der Waals surface area contributed by atoms with Crippen molar-refractivity contribution in [2.45, 2.75) is 26.5 Å². The normalized spacial score (nSPS) is 20.0. The molecule has 1 saturated heterocycles. The first kappa shape index (κ1) is 14.6. The molecular weight excluding hydrogens is 290 g/mol. The zero-order valence-corrected chi connectivity index (χ0v) is 13.0. The predicted octanol–water partition coefficient (Wildman–Crippen LogP) is 1.35. The Hall–Kier alpha value is -1.35. The lowest BCUT2D eigenvalue weighted by Crippen LogP contribution is -2.38. The molecule has 0 aliphatic carbocycles. The van der Waals surface area contributed by atoms with E-state index in [1.807, 2.05) is 6.92 Å². The largest absolute Gasteiger partial charge is 0.367 e. The van der Waals surface area contributed by atoms with Crippen LogP contribution >= 0.6 is 11.3 Å². The molecule has 0 saturated carbocycles. The van der Waals surface area contributed by atoms with E-state index < -0.39 is 0 Å². The van der Waals surface area contributed by atoms with E-state index in [-0.39, 0.29) is 6.10 Å². The third-order valence-electron chi connectivity index (χ3n) is 3.54. The number of hydrogen-bond donors (Lipinski definition) is 1. The van der Waals surface area contributed by atoms with Crippen molar-refractivity contribution in [1.82, 2.24) is 20.0 Å². The second kappa shape index (κ2) is 6.18. The molecule has 0 radical (unpaired) electrons. The summed E-state index contributed by atoms with van der Waals surface area (Å²) < 4.78 is 11.1. The van der Waals surface area contributed by atoms with E-state index in [4.69, 9.17) is 15.0 Å². The number of hydrogen-bond acceptors (Lipinski definition) is 8. The lowest BCUT2D eigenvalue weighted by molar-refractivity contribution is -0.0334. The summed E-state index contributed by atoms with van der Waals surface area (Å²) in [5.74, 6) is 1.10. The van der Waals surface area contributed by atoms with Crippen molar-refractivity contribution in [3.63, 3.8) is 0 Å². The van der Waals surface area contributed by atoms with Crippen LogP contribution in [0.3, 0.4) is 0 Å². The van der Waals surface area contributed by atoms with Crippen molar-refractivity contribution in [3.8, 4) is 10.8 Å². The molecule has 0 spiro atoms. The summed E-state index contributed by atoms with van der Waals surface area (Å²) in [6.45, 7) is 7.92. The van der Waals surface area contributed by atoms with Crippen LogP contribution in [0, 0.1) is 6.92 Å². The quantitative estimate of drug-likeness (QED) is 0.911. The molecule has 1 atom stereocenters. The molecule has 21 heavy (non-hydrogen) atoms. The number of nitrogens with zero attached hydrogens (tertiary/aromatic N) is 4. The van der Waals surface area contributed by atoms with Gasteiger partial charge in [0.2, 0.25) is 5.82 Å². The van der Waals surface area contributed by atoms with Gasteiger partial charge in [0.1, 0.15) is 16.0 Å². The number of aryl methyl sites for hydroxylation is 1. The van der Waals surface area contributed by atoms with Gasteiger partial charge in [-0.3, -0.25) is 4.90 Å². The first-order valence-corrected chi connectivity index (χ1v) is 7.87. The van der Waals surface area contributed by atoms with Gasteiger partial charge in [-0.05, 0) is 13.5 Å². The number of rotatable bonds is 4. The van der Waals surface area contributed by atoms with Crippen molar-refractivity contribution >= 4 is 11.3 Å². The van der Waals surface area contributed by atoms with E-state index in [0.29, 0.717) is 24.9 Å². The van der Waals surface area contributed by atoms with Crippen LogP contribution in [-0.2, 0) is 11.3 Å². The van der Waals surface area contributed by atoms with Crippen LogP contribution in [0.2, 0.25) is 0 Å². The molecule has 114 valence electrons. The van der Waals surface area contributed by atoms with E-state index in [0.717, 1.165) is 35.2 Å². The highest BCUT2D eigenvalue weighted by Gasteiger charge is 2.26. The fraction of sp³-hybridized carbons (Fsp3) is 0.615. The van der Waals surface area contributed by atoms with Crippen molar-refractivity contribution in [2.75, 3.05) is 26.2 Å². The molecular formula is C13H19N5O2S. The van der Waals surface area contributed by atoms with Crippen LogP contribution in [0.1, 0.15) is 29.6 Å². The SMILES string of the molecule is CCN1CCOC(c2noc(-c3sc(CN)nc3C)n2)C1. The molecule has 1 aliphatic heterocycles. The molecule has 2 N–H and O–H groups in total. The van der Waals surface area contributed by atoms with Crippen molar-refractivity contribution in [3.05, 3.63) is 16.5 Å². The van der Waals surface area contributed by atoms with Gasteiger partial charge in [-0.25, -0.2) is 4.98 Å². The number of morpholine rings is 1. The summed E-state index contributed by atoms with van der Waals surface area (Å²) in [7, 11) is 0. The van der Waals surface area contributed by atoms with Gasteiger partial charge < -0.3 is 15.0 Å². The van der Waals surface area contributed by atoms with Crippen LogP contribution in [-0.4, -0.2) is 46.3 Å². The molecule has 2 aromatic rings. The third kappa shape index (κ3) is 2.98. The number of aromatic nitrogens is 3. The van der Waals surface area contributed by atoms with Crippen molar-refractivity contribution in [1.29, 1.82) is 0 Å². The fourth-order valence-corrected chi connectivity index (χ4v) is 3.21. The summed E-state index contributed by atoms with van der Waals surface area (Å²) >= 11 is 1.49. The molecule has 0 aromatic carbocycles. The Balaban J connectivity index is 1.81. The molecule has 3 heterocycles. The highest BCUT2D eigenvalue weighted by Crippen LogP contribution is 2.30. The van der Waals surface area contributed by atoms with E-state index >= 15 is 0 Å². The number of ether oxygens (including phenoxy) is 1. The zero-order chi connectivity index (χ0) is 14.8. The Morgan fingerprint density at radius 1 is 1.43 bits per heavy atom. The van der Waals surface area contributed by atoms with Gasteiger partial charge in [0.25, 0.3) is 5.89 Å². The molecule has 0 amide bonds. The topological polar surface area (TPSA) is 90.3 Å². The predicted molar refractivity (Wildman–Crippen MR) is 78.8 cm³/mol. The van der Waals surface area contributed by atoms with Crippen LogP contribution in [0.15, 0.2) is 4.52 Å². The lowest BCUT2D eigenvalue weighted by atomic mass is 10.2. The summed E-state index contributed by atoms with van der Waals surface area (Å²) in [4.78, 5) is 12.1. The smallest absolute Gasteiger partial charge is 0.270 e. The maximum Gasteiger partial charge on any atom is 0.270 e. The van der Waals surface area contributed by atoms with Crippen LogP contribution < -0.4 is 5.73 Å². The highest BCUT2D eigenvalue weighted by molar-refractivity contribution is 7.15. The Kier molecular flexibility index (Phi) is 4.29. The van der Waals surface area contributed by atoms with Gasteiger partial charge >= 0.3 is 0 Å². The lowest BCUT2D eigenvalue weighted by Gasteiger charge is -2.30. The minimum absolute atomic E-state index is 0.126. The second-order valence-electron chi connectivity index (χ2n) is 4.94. The maximum absolute atomic E-state index is 5.74. The van der Waals surface area contributed by atoms with Gasteiger partial charge in [-0.2, -0.15) is 4.98 Å². The van der Waals surface area contributed by atoms with Crippen LogP contribution in [0.4, 0.5) is 0 Å². The summed E-state index contributed by atoms with van der Waals surface area (Å²) in [6, 6.07) is 0. The molecule has 1 fully saturated rings. The monoisotopic (exact) mass is 309 g/mol. The second-order valence-corrected chi connectivity index (χ2v) is 6.02. The third-order valence-corrected chi connectivity index (χ3v) is 4.70. The summed E-state index contributed by atoms with van der Waals surface area (Å²) in [5, 5.41) is 4.94. The molecule has 1 unspecified atom stereocenters. The van der Waals surface area contributed by atoms with E-state index in [2.05, 4.69) is 26.9 Å². The van der Waals surface area contributed by atoms with Gasteiger partial charge in [-0.1, -0.05) is 12.1 Å². The molecule has 0 bridgehead atoms. The van der Waals surface area contributed by atoms with Crippen LogP contribution in [0.5, 0.6) is 0 Å². The average molecular weight is 309 g/mol. The number of thiazole rings is 1. The maximum atomic E-state index is 5.74. The first-order valence-electron chi connectivity index (χ1n) is 7.05. The first-order chi connectivity index (χ1) is 10.2. The van der Waals surface area contributed by atoms with Gasteiger partial charge in [0, 0.05) is 19.6 Å². The van der Waals surface area contributed by atoms with E-state index in [1.165, 1.54) is 11.3 Å². The molecule has 1 aliphatic rings. The molecule has 3 rings (SSSR count). The van der Waals surface area contributed by atoms with Crippen LogP contribution in [0.25, 0.3) is 10.8 Å². The van der Waals surface area contributed by atoms with Gasteiger partial charge in [0.05, 0.1) is 12.3 Å². The minimum Gasteiger partial charge on any atom is -0.367 e. The zero-order valence-electron chi connectivity index (χ0n) is 12.2. The highest BCUT2D eigenvalue weighted by atomic mass is 32.1. The Morgan fingerprint density at radius 3 is 3.00 bits per heavy atom. The minimum atomic E-state index is -0.126. The standard InChI is InChI=1S/C13H19N5O2S/c1-3-18-4-5-19-9(7-18)12-16-13(20-17-12)11-8(2)15-10(6-14)21-11/h9H,3-7,14H2,1-2H3. The Bertz CT molecular complexity index is 611. The van der Waals surface area contributed by atoms with E-state index in [1.54, 1.807) is 0 Å².